The molecule has 3 nitrogen and oxygen atoms in total. The minimum Gasteiger partial charge on any atom is -0.384 e. The minimum atomic E-state index is -0.731. The third-order valence-electron chi connectivity index (χ3n) is 6.28. The molecule has 3 heteroatoms. The molecule has 0 fully saturated rings. The zero-order chi connectivity index (χ0) is 27.8. The molecule has 0 rings (SSSR count). The standard InChI is InChI=1S/C35H52O3/c1-2-34(37)30-26-23-21-19-17-15-13-11-9-7-5-3-4-6-8-10-12-14-16-18-20-22-24-27-31-35(38)32-28-25-29-33-36/h1,6,8,26,30,34-38H,5,7,9-24,27,31,33H2/b8-6-,30-26+/t34-,35+/m0/s1. The lowest BCUT2D eigenvalue weighted by molar-refractivity contribution is 0.217. The summed E-state index contributed by atoms with van der Waals surface area (Å²) in [6, 6.07) is 0. The van der Waals surface area contributed by atoms with E-state index in [1.165, 1.54) is 89.9 Å². The maximum Gasteiger partial charge on any atom is 0.133 e. The van der Waals surface area contributed by atoms with E-state index in [1.807, 2.05) is 12.2 Å². The molecule has 0 saturated carbocycles. The number of aliphatic hydroxyl groups excluding tert-OH is 3. The van der Waals surface area contributed by atoms with Gasteiger partial charge in [-0.3, -0.25) is 0 Å². The molecule has 0 aromatic rings. The van der Waals surface area contributed by atoms with E-state index < -0.39 is 12.2 Å². The van der Waals surface area contributed by atoms with Gasteiger partial charge in [-0.05, 0) is 68.9 Å². The highest BCUT2D eigenvalue weighted by Crippen LogP contribution is 2.12. The smallest absolute Gasteiger partial charge is 0.133 e. The molecule has 0 aromatic carbocycles. The first-order valence-electron chi connectivity index (χ1n) is 14.9. The van der Waals surface area contributed by atoms with Crippen molar-refractivity contribution in [2.45, 2.75) is 141 Å². The fourth-order valence-corrected chi connectivity index (χ4v) is 4.03. The topological polar surface area (TPSA) is 60.7 Å². The van der Waals surface area contributed by atoms with E-state index >= 15 is 0 Å². The number of unbranched alkanes of at least 4 members (excludes halogenated alkanes) is 17. The second-order valence-electron chi connectivity index (χ2n) is 9.78. The summed E-state index contributed by atoms with van der Waals surface area (Å²) in [4.78, 5) is 0. The van der Waals surface area contributed by atoms with Crippen LogP contribution in [0.2, 0.25) is 0 Å². The third-order valence-corrected chi connectivity index (χ3v) is 6.28. The van der Waals surface area contributed by atoms with Gasteiger partial charge in [0.05, 0.1) is 0 Å². The van der Waals surface area contributed by atoms with Gasteiger partial charge in [-0.2, -0.15) is 0 Å². The fourth-order valence-electron chi connectivity index (χ4n) is 4.03. The first-order chi connectivity index (χ1) is 18.7. The van der Waals surface area contributed by atoms with Crippen LogP contribution in [0, 0.1) is 47.9 Å². The Balaban J connectivity index is 3.35. The predicted molar refractivity (Wildman–Crippen MR) is 162 cm³/mol. The van der Waals surface area contributed by atoms with Gasteiger partial charge in [-0.25, -0.2) is 0 Å². The highest BCUT2D eigenvalue weighted by Gasteiger charge is 1.99. The maximum atomic E-state index is 9.72. The Kier molecular flexibility index (Phi) is 28.9. The Morgan fingerprint density at radius 3 is 1.79 bits per heavy atom. The molecule has 3 N–H and O–H groups in total. The number of aliphatic hydroxyl groups is 3. The van der Waals surface area contributed by atoms with Crippen LogP contribution in [-0.2, 0) is 0 Å². The van der Waals surface area contributed by atoms with Crippen LogP contribution >= 0.6 is 0 Å². The van der Waals surface area contributed by atoms with E-state index in [4.69, 9.17) is 11.5 Å². The second-order valence-corrected chi connectivity index (χ2v) is 9.78. The summed E-state index contributed by atoms with van der Waals surface area (Å²) in [6.45, 7) is -0.192. The lowest BCUT2D eigenvalue weighted by Gasteiger charge is -2.03. The van der Waals surface area contributed by atoms with E-state index in [1.54, 1.807) is 6.08 Å². The molecule has 0 bridgehead atoms. The highest BCUT2D eigenvalue weighted by molar-refractivity contribution is 5.27. The Bertz CT molecular complexity index is 813. The number of rotatable bonds is 22. The largest absolute Gasteiger partial charge is 0.384 e. The van der Waals surface area contributed by atoms with Gasteiger partial charge >= 0.3 is 0 Å². The molecule has 0 amide bonds. The van der Waals surface area contributed by atoms with Gasteiger partial charge in [0.25, 0.3) is 0 Å². The predicted octanol–water partition coefficient (Wildman–Crippen LogP) is 7.26. The molecule has 0 saturated heterocycles. The fraction of sp³-hybridized carbons (Fsp3) is 0.657. The van der Waals surface area contributed by atoms with Crippen LogP contribution in [-0.4, -0.2) is 34.1 Å². The van der Waals surface area contributed by atoms with Gasteiger partial charge in [0.15, 0.2) is 0 Å². The molecule has 0 unspecified atom stereocenters. The van der Waals surface area contributed by atoms with Crippen molar-refractivity contribution in [2.24, 2.45) is 0 Å². The van der Waals surface area contributed by atoms with Crippen molar-refractivity contribution in [1.29, 1.82) is 0 Å². The number of allylic oxidation sites excluding steroid dienone is 3. The quantitative estimate of drug-likeness (QED) is 0.0800. The number of hydrogen-bond donors (Lipinski definition) is 3. The number of hydrogen-bond acceptors (Lipinski definition) is 3. The molecule has 0 radical (unpaired) electrons. The summed E-state index contributed by atoms with van der Waals surface area (Å²) in [5.74, 6) is 18.9. The summed E-state index contributed by atoms with van der Waals surface area (Å²) in [7, 11) is 0. The van der Waals surface area contributed by atoms with Crippen LogP contribution in [0.15, 0.2) is 24.3 Å². The average Bonchev–Trinajstić information content (AvgIpc) is 2.92. The van der Waals surface area contributed by atoms with Gasteiger partial charge < -0.3 is 15.3 Å². The van der Waals surface area contributed by atoms with Crippen molar-refractivity contribution in [3.8, 4) is 47.9 Å². The van der Waals surface area contributed by atoms with Crippen LogP contribution < -0.4 is 0 Å². The second kappa shape index (κ2) is 30.8. The van der Waals surface area contributed by atoms with Crippen LogP contribution in [0.5, 0.6) is 0 Å². The van der Waals surface area contributed by atoms with E-state index in [0.29, 0.717) is 6.42 Å². The Hall–Kier alpha value is -2.40. The molecular weight excluding hydrogens is 468 g/mol. The van der Waals surface area contributed by atoms with Gasteiger partial charge in [-0.15, -0.1) is 6.42 Å². The first-order valence-corrected chi connectivity index (χ1v) is 14.9. The van der Waals surface area contributed by atoms with Crippen LogP contribution in [0.3, 0.4) is 0 Å². The average molecular weight is 521 g/mol. The summed E-state index contributed by atoms with van der Waals surface area (Å²) >= 11 is 0. The molecule has 0 aliphatic carbocycles. The Labute approximate surface area is 234 Å². The van der Waals surface area contributed by atoms with Crippen LogP contribution in [0.25, 0.3) is 0 Å². The van der Waals surface area contributed by atoms with Gasteiger partial charge in [0.2, 0.25) is 0 Å². The zero-order valence-corrected chi connectivity index (χ0v) is 23.7. The lowest BCUT2D eigenvalue weighted by atomic mass is 10.0. The SMILES string of the molecule is C#C[C@H](O)/C=C/CCCCCCCCCCC#C/C=C\CCCCCCCCCC[C@@H](O)C#CC#CCO. The molecule has 0 aliphatic rings. The summed E-state index contributed by atoms with van der Waals surface area (Å²) in [5, 5.41) is 27.5. The molecule has 210 valence electrons. The van der Waals surface area contributed by atoms with E-state index in [0.717, 1.165) is 32.1 Å². The molecule has 38 heavy (non-hydrogen) atoms. The monoisotopic (exact) mass is 520 g/mol. The lowest BCUT2D eigenvalue weighted by Crippen LogP contribution is -2.01. The highest BCUT2D eigenvalue weighted by atomic mass is 16.3. The summed E-state index contributed by atoms with van der Waals surface area (Å²) in [5.41, 5.74) is 0. The van der Waals surface area contributed by atoms with Crippen molar-refractivity contribution < 1.29 is 15.3 Å². The van der Waals surface area contributed by atoms with Crippen molar-refractivity contribution in [1.82, 2.24) is 0 Å². The minimum absolute atomic E-state index is 0.192. The molecule has 0 heterocycles. The van der Waals surface area contributed by atoms with Crippen LogP contribution in [0.1, 0.15) is 128 Å². The van der Waals surface area contributed by atoms with E-state index in [2.05, 4.69) is 47.5 Å². The molecule has 0 spiro atoms. The van der Waals surface area contributed by atoms with Gasteiger partial charge in [0.1, 0.15) is 18.8 Å². The van der Waals surface area contributed by atoms with Crippen molar-refractivity contribution in [3.05, 3.63) is 24.3 Å². The van der Waals surface area contributed by atoms with Gasteiger partial charge in [-0.1, -0.05) is 119 Å². The van der Waals surface area contributed by atoms with Crippen molar-refractivity contribution >= 4 is 0 Å². The molecule has 0 aromatic heterocycles. The maximum absolute atomic E-state index is 9.72. The zero-order valence-electron chi connectivity index (χ0n) is 23.7. The summed E-state index contributed by atoms with van der Waals surface area (Å²) < 4.78 is 0. The Morgan fingerprint density at radius 2 is 1.18 bits per heavy atom. The van der Waals surface area contributed by atoms with E-state index in [9.17, 15) is 10.2 Å². The Morgan fingerprint density at radius 1 is 0.632 bits per heavy atom. The van der Waals surface area contributed by atoms with Crippen LogP contribution in [0.4, 0.5) is 0 Å². The molecule has 0 aliphatic heterocycles. The normalized spacial score (nSPS) is 12.2. The first kappa shape index (κ1) is 35.6. The third kappa shape index (κ3) is 29.8. The summed E-state index contributed by atoms with van der Waals surface area (Å²) in [6.07, 6.45) is 35.4. The van der Waals surface area contributed by atoms with Crippen molar-refractivity contribution in [2.75, 3.05) is 6.61 Å². The molecular formula is C35H52O3. The van der Waals surface area contributed by atoms with Gasteiger partial charge in [0, 0.05) is 6.42 Å². The molecule has 2 atom stereocenters. The number of terminal acetylenes is 1. The van der Waals surface area contributed by atoms with Crippen molar-refractivity contribution in [3.63, 3.8) is 0 Å². The van der Waals surface area contributed by atoms with E-state index in [-0.39, 0.29) is 6.61 Å².